The summed E-state index contributed by atoms with van der Waals surface area (Å²) < 4.78 is 5.52. The summed E-state index contributed by atoms with van der Waals surface area (Å²) in [4.78, 5) is 0. The van der Waals surface area contributed by atoms with Crippen LogP contribution in [0.4, 0.5) is 0 Å². The van der Waals surface area contributed by atoms with Crippen LogP contribution in [0.2, 0.25) is 0 Å². The Bertz CT molecular complexity index is 485. The molecule has 0 aliphatic rings. The minimum atomic E-state index is 0.523. The highest BCUT2D eigenvalue weighted by Crippen LogP contribution is 2.23. The van der Waals surface area contributed by atoms with Crippen molar-refractivity contribution in [3.05, 3.63) is 60.2 Å². The Balaban J connectivity index is 2.29. The van der Waals surface area contributed by atoms with Crippen LogP contribution < -0.4 is 4.74 Å². The molecule has 0 bridgehead atoms. The van der Waals surface area contributed by atoms with Crippen LogP contribution in [0, 0.1) is 17.4 Å². The van der Waals surface area contributed by atoms with Gasteiger partial charge in [0.05, 0.1) is 5.56 Å². The molecular weight excluding hydrogens is 186 g/mol. The topological polar surface area (TPSA) is 33.0 Å². The van der Waals surface area contributed by atoms with E-state index in [1.54, 1.807) is 30.3 Å². The predicted molar refractivity (Wildman–Crippen MR) is 56.5 cm³/mol. The van der Waals surface area contributed by atoms with E-state index in [9.17, 15) is 0 Å². The molecule has 2 aromatic rings. The highest BCUT2D eigenvalue weighted by atomic mass is 16.5. The van der Waals surface area contributed by atoms with Crippen LogP contribution in [0.3, 0.4) is 0 Å². The molecule has 2 nitrogen and oxygen atoms in total. The third-order valence-corrected chi connectivity index (χ3v) is 1.91. The molecule has 0 saturated heterocycles. The van der Waals surface area contributed by atoms with Crippen LogP contribution >= 0.6 is 0 Å². The number of benzene rings is 2. The van der Waals surface area contributed by atoms with Crippen LogP contribution in [-0.2, 0) is 0 Å². The Hall–Kier alpha value is -2.27. The molecule has 2 rings (SSSR count). The van der Waals surface area contributed by atoms with Gasteiger partial charge < -0.3 is 4.74 Å². The van der Waals surface area contributed by atoms with E-state index in [4.69, 9.17) is 10.00 Å². The fourth-order valence-corrected chi connectivity index (χ4v) is 1.21. The van der Waals surface area contributed by atoms with Crippen molar-refractivity contribution in [2.24, 2.45) is 0 Å². The molecule has 71 valence electrons. The van der Waals surface area contributed by atoms with Crippen molar-refractivity contribution in [3.63, 3.8) is 0 Å². The lowest BCUT2D eigenvalue weighted by Gasteiger charge is -2.05. The Morgan fingerprint density at radius 1 is 1.07 bits per heavy atom. The summed E-state index contributed by atoms with van der Waals surface area (Å²) in [6.07, 6.45) is 0. The van der Waals surface area contributed by atoms with Crippen molar-refractivity contribution in [3.8, 4) is 17.6 Å². The first-order valence-corrected chi connectivity index (χ1v) is 4.54. The second-order valence-electron chi connectivity index (χ2n) is 2.94. The Kier molecular flexibility index (Phi) is 2.66. The van der Waals surface area contributed by atoms with Crippen molar-refractivity contribution in [1.82, 2.24) is 0 Å². The zero-order chi connectivity index (χ0) is 10.5. The van der Waals surface area contributed by atoms with E-state index in [1.165, 1.54) is 0 Å². The highest BCUT2D eigenvalue weighted by Gasteiger charge is 2.02. The van der Waals surface area contributed by atoms with Crippen molar-refractivity contribution >= 4 is 0 Å². The monoisotopic (exact) mass is 194 g/mol. The lowest BCUT2D eigenvalue weighted by molar-refractivity contribution is 0.480. The molecular formula is C13H8NO. The fourth-order valence-electron chi connectivity index (χ4n) is 1.21. The molecule has 0 aliphatic heterocycles. The standard InChI is InChI=1S/C13H8NO/c14-10-11-6-4-5-9-13(11)15-12-7-2-1-3-8-12/h1-7,9H. The van der Waals surface area contributed by atoms with Crippen molar-refractivity contribution in [2.75, 3.05) is 0 Å². The van der Waals surface area contributed by atoms with E-state index in [0.29, 0.717) is 17.1 Å². The molecule has 0 spiro atoms. The first kappa shape index (κ1) is 9.29. The summed E-state index contributed by atoms with van der Waals surface area (Å²) in [5, 5.41) is 8.86. The average Bonchev–Trinajstić information content (AvgIpc) is 2.31. The lowest BCUT2D eigenvalue weighted by Crippen LogP contribution is -1.87. The smallest absolute Gasteiger partial charge is 0.145 e. The number of nitriles is 1. The van der Waals surface area contributed by atoms with Crippen molar-refractivity contribution in [1.29, 1.82) is 5.26 Å². The van der Waals surface area contributed by atoms with E-state index >= 15 is 0 Å². The van der Waals surface area contributed by atoms with E-state index in [1.807, 2.05) is 18.2 Å². The van der Waals surface area contributed by atoms with E-state index in [0.717, 1.165) is 0 Å². The summed E-state index contributed by atoms with van der Waals surface area (Å²) >= 11 is 0. The number of rotatable bonds is 2. The van der Waals surface area contributed by atoms with Gasteiger partial charge in [0.1, 0.15) is 17.6 Å². The van der Waals surface area contributed by atoms with Gasteiger partial charge in [0, 0.05) is 6.07 Å². The molecule has 0 aromatic heterocycles. The average molecular weight is 194 g/mol. The molecule has 1 radical (unpaired) electrons. The van der Waals surface area contributed by atoms with Crippen LogP contribution in [0.5, 0.6) is 11.5 Å². The summed E-state index contributed by atoms with van der Waals surface area (Å²) in [5.41, 5.74) is 0.523. The van der Waals surface area contributed by atoms with Gasteiger partial charge in [-0.05, 0) is 18.2 Å². The van der Waals surface area contributed by atoms with Gasteiger partial charge in [0.25, 0.3) is 0 Å². The maximum Gasteiger partial charge on any atom is 0.145 e. The van der Waals surface area contributed by atoms with Gasteiger partial charge in [-0.2, -0.15) is 5.26 Å². The summed E-state index contributed by atoms with van der Waals surface area (Å²) in [7, 11) is 0. The van der Waals surface area contributed by atoms with Gasteiger partial charge in [0.2, 0.25) is 0 Å². The largest absolute Gasteiger partial charge is 0.455 e. The molecule has 0 aliphatic carbocycles. The highest BCUT2D eigenvalue weighted by molar-refractivity contribution is 5.44. The first-order chi connectivity index (χ1) is 7.40. The molecule has 0 saturated carbocycles. The number of hydrogen-bond donors (Lipinski definition) is 0. The summed E-state index contributed by atoms with van der Waals surface area (Å²) in [6, 6.07) is 19.4. The lowest BCUT2D eigenvalue weighted by atomic mass is 10.2. The van der Waals surface area contributed by atoms with Gasteiger partial charge >= 0.3 is 0 Å². The Morgan fingerprint density at radius 3 is 2.60 bits per heavy atom. The number of ether oxygens (including phenoxy) is 1. The summed E-state index contributed by atoms with van der Waals surface area (Å²) in [5.74, 6) is 1.17. The minimum absolute atomic E-state index is 0.523. The van der Waals surface area contributed by atoms with E-state index < -0.39 is 0 Å². The normalized spacial score (nSPS) is 9.27. The molecule has 0 N–H and O–H groups in total. The second-order valence-corrected chi connectivity index (χ2v) is 2.94. The fraction of sp³-hybridized carbons (Fsp3) is 0. The SMILES string of the molecule is N#Cc1ccccc1Oc1[c]cccc1. The molecule has 0 heterocycles. The van der Waals surface area contributed by atoms with Gasteiger partial charge in [0.15, 0.2) is 0 Å². The van der Waals surface area contributed by atoms with Crippen LogP contribution in [0.15, 0.2) is 48.5 Å². The molecule has 0 fully saturated rings. The summed E-state index contributed by atoms with van der Waals surface area (Å²) in [6.45, 7) is 0. The van der Waals surface area contributed by atoms with Gasteiger partial charge in [-0.15, -0.1) is 0 Å². The minimum Gasteiger partial charge on any atom is -0.455 e. The second kappa shape index (κ2) is 4.30. The van der Waals surface area contributed by atoms with Crippen LogP contribution in [0.1, 0.15) is 5.56 Å². The zero-order valence-electron chi connectivity index (χ0n) is 7.97. The van der Waals surface area contributed by atoms with Gasteiger partial charge in [-0.3, -0.25) is 0 Å². The maximum absolute atomic E-state index is 8.86. The Labute approximate surface area is 88.4 Å². The molecule has 0 amide bonds. The quantitative estimate of drug-likeness (QED) is 0.735. The molecule has 2 aromatic carbocycles. The van der Waals surface area contributed by atoms with Gasteiger partial charge in [-0.25, -0.2) is 0 Å². The Morgan fingerprint density at radius 2 is 1.87 bits per heavy atom. The van der Waals surface area contributed by atoms with E-state index in [-0.39, 0.29) is 0 Å². The first-order valence-electron chi connectivity index (χ1n) is 4.54. The molecule has 0 unspecified atom stereocenters. The van der Waals surface area contributed by atoms with Crippen LogP contribution in [-0.4, -0.2) is 0 Å². The van der Waals surface area contributed by atoms with Crippen molar-refractivity contribution < 1.29 is 4.74 Å². The molecule has 0 atom stereocenters. The number of para-hydroxylation sites is 2. The molecule has 2 heteroatoms. The zero-order valence-corrected chi connectivity index (χ0v) is 7.97. The van der Waals surface area contributed by atoms with Gasteiger partial charge in [-0.1, -0.05) is 30.3 Å². The predicted octanol–water partition coefficient (Wildman–Crippen LogP) is 3.15. The number of hydrogen-bond acceptors (Lipinski definition) is 2. The van der Waals surface area contributed by atoms with Crippen molar-refractivity contribution in [2.45, 2.75) is 0 Å². The maximum atomic E-state index is 8.86. The third kappa shape index (κ3) is 2.15. The number of nitrogens with zero attached hydrogens (tertiary/aromatic N) is 1. The molecule has 15 heavy (non-hydrogen) atoms. The van der Waals surface area contributed by atoms with Crippen LogP contribution in [0.25, 0.3) is 0 Å². The van der Waals surface area contributed by atoms with E-state index in [2.05, 4.69) is 12.1 Å². The third-order valence-electron chi connectivity index (χ3n) is 1.91.